The summed E-state index contributed by atoms with van der Waals surface area (Å²) in [5, 5.41) is 9.55. The fraction of sp³-hybridized carbons (Fsp3) is 0.346. The Bertz CT molecular complexity index is 1200. The second-order valence-corrected chi connectivity index (χ2v) is 8.79. The summed E-state index contributed by atoms with van der Waals surface area (Å²) in [4.78, 5) is 30.1. The van der Waals surface area contributed by atoms with Crippen LogP contribution in [0.2, 0.25) is 5.15 Å². The molecule has 2 bridgehead atoms. The molecule has 0 saturated carbocycles. The maximum atomic E-state index is 13.2. The molecule has 1 unspecified atom stereocenters. The van der Waals surface area contributed by atoms with E-state index in [1.54, 1.807) is 0 Å². The number of ether oxygens (including phenoxy) is 2. The number of nitrogens with zero attached hydrogens (tertiary/aromatic N) is 2. The predicted molar refractivity (Wildman–Crippen MR) is 139 cm³/mol. The first-order valence-electron chi connectivity index (χ1n) is 11.9. The van der Waals surface area contributed by atoms with Crippen LogP contribution >= 0.6 is 11.6 Å². The number of aromatic nitrogens is 2. The van der Waals surface area contributed by atoms with Crippen LogP contribution < -0.4 is 26.2 Å². The number of hydrogen-bond acceptors (Lipinski definition) is 7. The van der Waals surface area contributed by atoms with E-state index in [0.717, 1.165) is 11.1 Å². The Morgan fingerprint density at radius 2 is 1.83 bits per heavy atom. The monoisotopic (exact) mass is 511 g/mol. The van der Waals surface area contributed by atoms with Gasteiger partial charge in [0.05, 0.1) is 19.4 Å². The van der Waals surface area contributed by atoms with Crippen molar-refractivity contribution in [3.63, 3.8) is 0 Å². The molecule has 0 spiro atoms. The Hall–Kier alpha value is -3.40. The summed E-state index contributed by atoms with van der Waals surface area (Å²) in [6.07, 6.45) is 2.05. The summed E-state index contributed by atoms with van der Waals surface area (Å²) in [5.41, 5.74) is 1.49. The molecule has 1 aliphatic heterocycles. The quantitative estimate of drug-likeness (QED) is 0.484. The average Bonchev–Trinajstić information content (AvgIpc) is 2.89. The molecule has 3 aromatic rings. The number of hydrogen-bond donors (Lipinski definition) is 3. The van der Waals surface area contributed by atoms with Crippen molar-refractivity contribution >= 4 is 23.3 Å². The zero-order chi connectivity index (χ0) is 25.2. The van der Waals surface area contributed by atoms with Crippen LogP contribution in [-0.4, -0.2) is 54.4 Å². The van der Waals surface area contributed by atoms with Gasteiger partial charge in [0.25, 0.3) is 5.56 Å². The lowest BCUT2D eigenvalue weighted by Gasteiger charge is -2.20. The largest absolute Gasteiger partial charge is 0.491 e. The van der Waals surface area contributed by atoms with E-state index in [4.69, 9.17) is 21.1 Å². The molecular weight excluding hydrogens is 482 g/mol. The number of nitrogens with one attached hydrogen (secondary N) is 3. The molecule has 1 aromatic heterocycles. The number of fused-ring (bicyclic) bond motifs is 3. The van der Waals surface area contributed by atoms with Gasteiger partial charge in [0.15, 0.2) is 5.82 Å². The van der Waals surface area contributed by atoms with Crippen molar-refractivity contribution in [2.45, 2.75) is 25.6 Å². The molecule has 9 nitrogen and oxygen atoms in total. The van der Waals surface area contributed by atoms with Gasteiger partial charge >= 0.3 is 0 Å². The van der Waals surface area contributed by atoms with Crippen LogP contribution in [0.25, 0.3) is 0 Å². The van der Waals surface area contributed by atoms with Crippen LogP contribution in [0.3, 0.4) is 0 Å². The van der Waals surface area contributed by atoms with Crippen LogP contribution in [0.1, 0.15) is 11.1 Å². The zero-order valence-electron chi connectivity index (χ0n) is 19.9. The van der Waals surface area contributed by atoms with E-state index < -0.39 is 5.56 Å². The SMILES string of the molecule is O=C1Cn2c(Cl)cnc(c2=O)NC(Cc2ccccc2)CNCCOCCOc2ccccc2CN1. The molecule has 0 saturated heterocycles. The summed E-state index contributed by atoms with van der Waals surface area (Å²) in [6, 6.07) is 17.3. The molecule has 0 aliphatic carbocycles. The molecule has 2 aromatic carbocycles. The fourth-order valence-electron chi connectivity index (χ4n) is 3.90. The maximum absolute atomic E-state index is 13.2. The van der Waals surface area contributed by atoms with Crippen molar-refractivity contribution in [3.05, 3.63) is 87.4 Å². The summed E-state index contributed by atoms with van der Waals surface area (Å²) < 4.78 is 12.8. The van der Waals surface area contributed by atoms with E-state index in [1.807, 2.05) is 54.6 Å². The molecule has 1 amide bonds. The first-order chi connectivity index (χ1) is 17.6. The van der Waals surface area contributed by atoms with Gasteiger partial charge in [0, 0.05) is 31.2 Å². The molecule has 190 valence electrons. The van der Waals surface area contributed by atoms with E-state index in [-0.39, 0.29) is 36.0 Å². The molecule has 0 radical (unpaired) electrons. The smallest absolute Gasteiger partial charge is 0.294 e. The fourth-order valence-corrected chi connectivity index (χ4v) is 4.08. The lowest BCUT2D eigenvalue weighted by Crippen LogP contribution is -2.39. The van der Waals surface area contributed by atoms with Gasteiger partial charge in [-0.05, 0) is 18.1 Å². The maximum Gasteiger partial charge on any atom is 0.294 e. The van der Waals surface area contributed by atoms with Crippen molar-refractivity contribution in [1.29, 1.82) is 0 Å². The van der Waals surface area contributed by atoms with Gasteiger partial charge in [0.1, 0.15) is 24.1 Å². The number of rotatable bonds is 2. The molecule has 4 rings (SSSR count). The first kappa shape index (κ1) is 25.7. The Morgan fingerprint density at radius 3 is 2.69 bits per heavy atom. The highest BCUT2D eigenvalue weighted by molar-refractivity contribution is 6.29. The highest BCUT2D eigenvalue weighted by atomic mass is 35.5. The Labute approximate surface area is 214 Å². The minimum Gasteiger partial charge on any atom is -0.491 e. The zero-order valence-corrected chi connectivity index (χ0v) is 20.7. The van der Waals surface area contributed by atoms with Crippen molar-refractivity contribution in [3.8, 4) is 5.75 Å². The Kier molecular flexibility index (Phi) is 9.32. The Morgan fingerprint density at radius 1 is 1.03 bits per heavy atom. The van der Waals surface area contributed by atoms with Crippen molar-refractivity contribution in [2.24, 2.45) is 0 Å². The molecule has 10 heteroatoms. The number of amides is 1. The summed E-state index contributed by atoms with van der Waals surface area (Å²) >= 11 is 6.25. The van der Waals surface area contributed by atoms with Gasteiger partial charge < -0.3 is 25.4 Å². The highest BCUT2D eigenvalue weighted by Crippen LogP contribution is 2.18. The van der Waals surface area contributed by atoms with Crippen LogP contribution in [-0.2, 0) is 29.0 Å². The number of halogens is 1. The van der Waals surface area contributed by atoms with Crippen molar-refractivity contribution in [2.75, 3.05) is 38.2 Å². The lowest BCUT2D eigenvalue weighted by atomic mass is 10.1. The summed E-state index contributed by atoms with van der Waals surface area (Å²) in [6.45, 7) is 2.59. The predicted octanol–water partition coefficient (Wildman–Crippen LogP) is 2.23. The second kappa shape index (κ2) is 13.1. The number of anilines is 1. The number of carbonyl (C=O) groups excluding carboxylic acids is 1. The molecule has 36 heavy (non-hydrogen) atoms. The number of benzene rings is 2. The molecule has 1 aliphatic rings. The van der Waals surface area contributed by atoms with Gasteiger partial charge in [-0.15, -0.1) is 0 Å². The molecular formula is C26H30ClN5O4. The molecule has 3 N–H and O–H groups in total. The van der Waals surface area contributed by atoms with Gasteiger partial charge in [0.2, 0.25) is 5.91 Å². The minimum atomic E-state index is -0.458. The normalized spacial score (nSPS) is 17.8. The highest BCUT2D eigenvalue weighted by Gasteiger charge is 2.17. The van der Waals surface area contributed by atoms with Crippen LogP contribution in [0, 0.1) is 0 Å². The molecule has 0 fully saturated rings. The third-order valence-electron chi connectivity index (χ3n) is 5.72. The standard InChI is InChI=1S/C26H30ClN5O4/c27-23-17-30-25-26(34)32(23)18-24(33)29-15-20-8-4-5-9-22(20)36-13-12-35-11-10-28-16-21(31-25)14-19-6-2-1-3-7-19/h1-9,17,21,28H,10-16,18H2,(H,29,33)(H,30,31). The minimum absolute atomic E-state index is 0.0882. The van der Waals surface area contributed by atoms with Crippen LogP contribution in [0.15, 0.2) is 65.6 Å². The topological polar surface area (TPSA) is 107 Å². The van der Waals surface area contributed by atoms with Crippen molar-refractivity contribution in [1.82, 2.24) is 20.2 Å². The average molecular weight is 512 g/mol. The third-order valence-corrected chi connectivity index (χ3v) is 6.02. The van der Waals surface area contributed by atoms with E-state index in [9.17, 15) is 9.59 Å². The van der Waals surface area contributed by atoms with Crippen LogP contribution in [0.5, 0.6) is 5.75 Å². The van der Waals surface area contributed by atoms with Gasteiger partial charge in [-0.2, -0.15) is 0 Å². The third kappa shape index (κ3) is 7.30. The summed E-state index contributed by atoms with van der Waals surface area (Å²) in [5.74, 6) is 0.462. The molecule has 2 heterocycles. The van der Waals surface area contributed by atoms with E-state index >= 15 is 0 Å². The van der Waals surface area contributed by atoms with Crippen LogP contribution in [0.4, 0.5) is 5.82 Å². The van der Waals surface area contributed by atoms with Gasteiger partial charge in [-0.1, -0.05) is 60.1 Å². The number of para-hydroxylation sites is 1. The van der Waals surface area contributed by atoms with E-state index in [1.165, 1.54) is 10.8 Å². The lowest BCUT2D eigenvalue weighted by molar-refractivity contribution is -0.121. The second-order valence-electron chi connectivity index (χ2n) is 8.40. The number of carbonyl (C=O) groups is 1. The Balaban J connectivity index is 1.55. The van der Waals surface area contributed by atoms with Crippen molar-refractivity contribution < 1.29 is 14.3 Å². The van der Waals surface area contributed by atoms with E-state index in [2.05, 4.69) is 20.9 Å². The van der Waals surface area contributed by atoms with E-state index in [0.29, 0.717) is 45.1 Å². The molecule has 1 atom stereocenters. The first-order valence-corrected chi connectivity index (χ1v) is 12.3. The van der Waals surface area contributed by atoms with Gasteiger partial charge in [-0.25, -0.2) is 4.98 Å². The summed E-state index contributed by atoms with van der Waals surface area (Å²) in [7, 11) is 0. The van der Waals surface area contributed by atoms with Gasteiger partial charge in [-0.3, -0.25) is 14.2 Å².